The van der Waals surface area contributed by atoms with Gasteiger partial charge in [0.15, 0.2) is 5.67 Å². The van der Waals surface area contributed by atoms with Gasteiger partial charge in [0.05, 0.1) is 0 Å². The molecule has 49 valence electrons. The zero-order valence-electron chi connectivity index (χ0n) is 4.16. The molecule has 0 fully saturated rings. The molecule has 0 heterocycles. The molecule has 8 heavy (non-hydrogen) atoms. The molecule has 0 aromatic rings. The van der Waals surface area contributed by atoms with Gasteiger partial charge in [-0.2, -0.15) is 0 Å². The number of hydrogen-bond donors (Lipinski definition) is 0. The average molecular weight is 127 g/mol. The van der Waals surface area contributed by atoms with Crippen molar-refractivity contribution in [2.75, 3.05) is 20.0 Å². The van der Waals surface area contributed by atoms with Gasteiger partial charge in [0.2, 0.25) is 0 Å². The lowest BCUT2D eigenvalue weighted by Gasteiger charge is -2.11. The number of halogens is 3. The van der Waals surface area contributed by atoms with Crippen LogP contribution >= 0.6 is 0 Å². The fourth-order valence-corrected chi connectivity index (χ4v) is 0.113. The molecule has 0 aliphatic rings. The third-order valence-corrected chi connectivity index (χ3v) is 0.738. The van der Waals surface area contributed by atoms with Gasteiger partial charge in [-0.25, -0.2) is 18.3 Å². The molecule has 4 heteroatoms. The molecule has 1 nitrogen and oxygen atoms in total. The Labute approximate surface area is 45.1 Å². The first-order valence-electron chi connectivity index (χ1n) is 2.07. The van der Waals surface area contributed by atoms with Crippen LogP contribution in [0.5, 0.6) is 0 Å². The molecule has 0 aromatic carbocycles. The predicted octanol–water partition coefficient (Wildman–Crippen LogP) is 1.06. The Kier molecular flexibility index (Phi) is 2.82. The van der Waals surface area contributed by atoms with E-state index in [1.165, 1.54) is 0 Å². The Hall–Kier alpha value is -0.250. The zero-order valence-corrected chi connectivity index (χ0v) is 4.16. The van der Waals surface area contributed by atoms with Crippen molar-refractivity contribution < 1.29 is 18.3 Å². The zero-order chi connectivity index (χ0) is 6.62. The van der Waals surface area contributed by atoms with Gasteiger partial charge in [0, 0.05) is 0 Å². The van der Waals surface area contributed by atoms with Crippen molar-refractivity contribution in [2.24, 2.45) is 0 Å². The first-order chi connectivity index (χ1) is 3.68. The Morgan fingerprint density at radius 3 is 1.62 bits per heavy atom. The summed E-state index contributed by atoms with van der Waals surface area (Å²) in [7, 11) is 0. The van der Waals surface area contributed by atoms with Crippen LogP contribution < -0.4 is 0 Å². The highest BCUT2D eigenvalue weighted by Crippen LogP contribution is 2.10. The molecular formula is C4H6F3O. The molecule has 0 aromatic heterocycles. The van der Waals surface area contributed by atoms with Gasteiger partial charge in [-0.1, -0.05) is 0 Å². The molecule has 0 amide bonds. The third kappa shape index (κ3) is 1.69. The molecular weight excluding hydrogens is 121 g/mol. The standard InChI is InChI=1S/C4H6F3O/c5-1-4(7,2-6)3-8/h1-3H2. The lowest BCUT2D eigenvalue weighted by Crippen LogP contribution is -2.32. The molecule has 0 saturated heterocycles. The van der Waals surface area contributed by atoms with Crippen LogP contribution in [0.15, 0.2) is 0 Å². The Morgan fingerprint density at radius 2 is 1.62 bits per heavy atom. The first kappa shape index (κ1) is 7.75. The minimum atomic E-state index is -2.76. The number of hydrogen-bond acceptors (Lipinski definition) is 0. The molecule has 0 bridgehead atoms. The van der Waals surface area contributed by atoms with Crippen molar-refractivity contribution in [3.63, 3.8) is 0 Å². The molecule has 0 rings (SSSR count). The molecule has 0 spiro atoms. The molecule has 0 aliphatic carbocycles. The van der Waals surface area contributed by atoms with Crippen LogP contribution in [0.25, 0.3) is 0 Å². The van der Waals surface area contributed by atoms with Crippen LogP contribution in [-0.2, 0) is 5.11 Å². The van der Waals surface area contributed by atoms with Crippen molar-refractivity contribution in [3.05, 3.63) is 0 Å². The van der Waals surface area contributed by atoms with Crippen LogP contribution in [0, 0.1) is 0 Å². The van der Waals surface area contributed by atoms with E-state index in [1.54, 1.807) is 0 Å². The fourth-order valence-electron chi connectivity index (χ4n) is 0.113. The smallest absolute Gasteiger partial charge is 0.193 e. The minimum Gasteiger partial charge on any atom is -0.247 e. The second-order valence-electron chi connectivity index (χ2n) is 1.56. The Bertz CT molecular complexity index is 54.0. The lowest BCUT2D eigenvalue weighted by molar-refractivity contribution is -0.00428. The lowest BCUT2D eigenvalue weighted by atomic mass is 10.2. The third-order valence-electron chi connectivity index (χ3n) is 0.738. The first-order valence-corrected chi connectivity index (χ1v) is 2.07. The van der Waals surface area contributed by atoms with E-state index in [4.69, 9.17) is 0 Å². The summed E-state index contributed by atoms with van der Waals surface area (Å²) in [6.07, 6.45) is 0. The topological polar surface area (TPSA) is 19.9 Å². The Balaban J connectivity index is 3.58. The molecule has 0 aliphatic heterocycles. The van der Waals surface area contributed by atoms with E-state index in [2.05, 4.69) is 0 Å². The predicted molar refractivity (Wildman–Crippen MR) is 21.3 cm³/mol. The minimum absolute atomic E-state index is 1.35. The Morgan fingerprint density at radius 1 is 1.25 bits per heavy atom. The molecule has 0 saturated carbocycles. The van der Waals surface area contributed by atoms with Crippen molar-refractivity contribution >= 4 is 0 Å². The SMILES string of the molecule is [O]CC(F)(CF)CF. The van der Waals surface area contributed by atoms with Crippen molar-refractivity contribution in [3.8, 4) is 0 Å². The van der Waals surface area contributed by atoms with E-state index in [0.717, 1.165) is 0 Å². The van der Waals surface area contributed by atoms with Gasteiger partial charge in [-0.3, -0.25) is 0 Å². The highest BCUT2D eigenvalue weighted by atomic mass is 19.2. The molecule has 0 unspecified atom stereocenters. The summed E-state index contributed by atoms with van der Waals surface area (Å²) in [4.78, 5) is 0. The number of rotatable bonds is 3. The van der Waals surface area contributed by atoms with Gasteiger partial charge in [-0.15, -0.1) is 0 Å². The molecule has 0 atom stereocenters. The average Bonchev–Trinajstić information content (AvgIpc) is 1.87. The normalized spacial score (nSPS) is 12.0. The second-order valence-corrected chi connectivity index (χ2v) is 1.56. The highest BCUT2D eigenvalue weighted by Gasteiger charge is 2.29. The summed E-state index contributed by atoms with van der Waals surface area (Å²) in [5, 5.41) is 9.56. The quantitative estimate of drug-likeness (QED) is 0.540. The van der Waals surface area contributed by atoms with Gasteiger partial charge in [-0.05, 0) is 0 Å². The van der Waals surface area contributed by atoms with Crippen molar-refractivity contribution in [2.45, 2.75) is 5.67 Å². The van der Waals surface area contributed by atoms with E-state index in [-0.39, 0.29) is 0 Å². The van der Waals surface area contributed by atoms with Gasteiger partial charge in [0.25, 0.3) is 0 Å². The van der Waals surface area contributed by atoms with E-state index < -0.39 is 25.6 Å². The van der Waals surface area contributed by atoms with Crippen LogP contribution in [-0.4, -0.2) is 25.6 Å². The maximum Gasteiger partial charge on any atom is 0.193 e. The summed E-state index contributed by atoms with van der Waals surface area (Å²) in [6.45, 7) is -4.42. The van der Waals surface area contributed by atoms with E-state index >= 15 is 0 Å². The van der Waals surface area contributed by atoms with Gasteiger partial charge in [0.1, 0.15) is 20.0 Å². The summed E-state index contributed by atoms with van der Waals surface area (Å²) < 4.78 is 34.4. The van der Waals surface area contributed by atoms with Crippen LogP contribution in [0.2, 0.25) is 0 Å². The van der Waals surface area contributed by atoms with Crippen LogP contribution in [0.1, 0.15) is 0 Å². The summed E-state index contributed by atoms with van der Waals surface area (Å²) in [6, 6.07) is 0. The van der Waals surface area contributed by atoms with E-state index in [0.29, 0.717) is 0 Å². The van der Waals surface area contributed by atoms with E-state index in [9.17, 15) is 18.3 Å². The fraction of sp³-hybridized carbons (Fsp3) is 1.00. The highest BCUT2D eigenvalue weighted by molar-refractivity contribution is 4.75. The maximum atomic E-state index is 11.9. The van der Waals surface area contributed by atoms with E-state index in [1.807, 2.05) is 0 Å². The number of alkyl halides is 3. The second kappa shape index (κ2) is 2.91. The van der Waals surface area contributed by atoms with Gasteiger partial charge >= 0.3 is 0 Å². The van der Waals surface area contributed by atoms with Gasteiger partial charge < -0.3 is 0 Å². The monoisotopic (exact) mass is 127 g/mol. The summed E-state index contributed by atoms with van der Waals surface area (Å²) in [5.41, 5.74) is -2.76. The molecule has 0 N–H and O–H groups in total. The largest absolute Gasteiger partial charge is 0.247 e. The van der Waals surface area contributed by atoms with Crippen molar-refractivity contribution in [1.29, 1.82) is 0 Å². The van der Waals surface area contributed by atoms with Crippen LogP contribution in [0.4, 0.5) is 13.2 Å². The molecule has 1 radical (unpaired) electrons. The summed E-state index contributed by atoms with van der Waals surface area (Å²) in [5.74, 6) is 0. The summed E-state index contributed by atoms with van der Waals surface area (Å²) >= 11 is 0. The van der Waals surface area contributed by atoms with Crippen LogP contribution in [0.3, 0.4) is 0 Å². The van der Waals surface area contributed by atoms with Crippen molar-refractivity contribution in [1.82, 2.24) is 0 Å². The maximum absolute atomic E-state index is 11.9.